The largest absolute Gasteiger partial charge is 0.319 e. The number of hydrogen-bond acceptors (Lipinski definition) is 5. The molecule has 1 atom stereocenters. The molecule has 288 valence electrons. The summed E-state index contributed by atoms with van der Waals surface area (Å²) in [6.45, 7) is 9.64. The van der Waals surface area contributed by atoms with Crippen LogP contribution >= 0.6 is 0 Å². The zero-order valence-corrected chi connectivity index (χ0v) is 34.1. The molecule has 0 bridgehead atoms. The molecule has 5 aromatic carbocycles. The highest BCUT2D eigenvalue weighted by Crippen LogP contribution is 2.62. The van der Waals surface area contributed by atoms with Gasteiger partial charge in [0, 0.05) is 34.6 Å². The molecule has 0 saturated heterocycles. The molecule has 7 aromatic rings. The molecule has 2 aromatic heterocycles. The fourth-order valence-electron chi connectivity index (χ4n) is 10.3. The molecule has 5 heteroatoms. The first-order valence-corrected chi connectivity index (χ1v) is 21.0. The molecule has 0 radical (unpaired) electrons. The van der Waals surface area contributed by atoms with E-state index in [1.807, 2.05) is 24.5 Å². The van der Waals surface area contributed by atoms with Gasteiger partial charge in [-0.05, 0) is 131 Å². The van der Waals surface area contributed by atoms with E-state index in [1.54, 1.807) is 0 Å². The number of allylic oxidation sites excluding steroid dienone is 1. The number of anilines is 8. The second kappa shape index (κ2) is 13.4. The van der Waals surface area contributed by atoms with Gasteiger partial charge in [0.15, 0.2) is 0 Å². The van der Waals surface area contributed by atoms with Crippen LogP contribution in [0, 0.1) is 0 Å². The summed E-state index contributed by atoms with van der Waals surface area (Å²) in [5.74, 6) is 1.86. The average Bonchev–Trinajstić information content (AvgIpc) is 3.27. The molecule has 4 heterocycles. The normalized spacial score (nSPS) is 17.2. The molecular formula is C54H47N5. The Labute approximate surface area is 347 Å². The number of benzene rings is 5. The highest BCUT2D eigenvalue weighted by atomic mass is 15.2. The van der Waals surface area contributed by atoms with Gasteiger partial charge in [-0.1, -0.05) is 119 Å². The Bertz CT molecular complexity index is 2840. The van der Waals surface area contributed by atoms with Gasteiger partial charge in [0.05, 0.1) is 28.8 Å². The molecule has 2 aliphatic carbocycles. The highest BCUT2D eigenvalue weighted by Gasteiger charge is 2.46. The van der Waals surface area contributed by atoms with Gasteiger partial charge in [0.25, 0.3) is 0 Å². The van der Waals surface area contributed by atoms with Crippen LogP contribution in [0.2, 0.25) is 0 Å². The van der Waals surface area contributed by atoms with Crippen LogP contribution in [-0.4, -0.2) is 9.97 Å². The van der Waals surface area contributed by atoms with Crippen LogP contribution in [0.4, 0.5) is 45.8 Å². The summed E-state index contributed by atoms with van der Waals surface area (Å²) < 4.78 is 0. The summed E-state index contributed by atoms with van der Waals surface area (Å²) in [6, 6.07) is 49.2. The molecular weight excluding hydrogens is 719 g/mol. The van der Waals surface area contributed by atoms with Gasteiger partial charge >= 0.3 is 0 Å². The van der Waals surface area contributed by atoms with Crippen LogP contribution in [0.25, 0.3) is 12.2 Å². The lowest BCUT2D eigenvalue weighted by atomic mass is 9.66. The van der Waals surface area contributed by atoms with Gasteiger partial charge in [-0.2, -0.15) is 0 Å². The molecule has 0 amide bonds. The van der Waals surface area contributed by atoms with Crippen LogP contribution < -0.4 is 14.7 Å². The molecule has 0 saturated carbocycles. The zero-order valence-electron chi connectivity index (χ0n) is 34.1. The Morgan fingerprint density at radius 2 is 1.24 bits per heavy atom. The van der Waals surface area contributed by atoms with Crippen molar-refractivity contribution in [3.05, 3.63) is 203 Å². The Morgan fingerprint density at radius 1 is 0.576 bits per heavy atom. The summed E-state index contributed by atoms with van der Waals surface area (Å²) in [6.07, 6.45) is 15.9. The monoisotopic (exact) mass is 765 g/mol. The average molecular weight is 766 g/mol. The van der Waals surface area contributed by atoms with E-state index in [1.165, 1.54) is 67.3 Å². The zero-order chi connectivity index (χ0) is 39.9. The van der Waals surface area contributed by atoms with Gasteiger partial charge in [0.2, 0.25) is 0 Å². The summed E-state index contributed by atoms with van der Waals surface area (Å²) in [5.41, 5.74) is 17.0. The third kappa shape index (κ3) is 5.44. The van der Waals surface area contributed by atoms with Crippen LogP contribution in [-0.2, 0) is 17.3 Å². The van der Waals surface area contributed by atoms with Crippen molar-refractivity contribution in [1.82, 2.24) is 9.97 Å². The topological polar surface area (TPSA) is 35.5 Å². The maximum Gasteiger partial charge on any atom is 0.137 e. The molecule has 59 heavy (non-hydrogen) atoms. The fourth-order valence-corrected chi connectivity index (χ4v) is 10.3. The summed E-state index contributed by atoms with van der Waals surface area (Å²) >= 11 is 0. The first kappa shape index (κ1) is 35.4. The van der Waals surface area contributed by atoms with Crippen LogP contribution in [0.3, 0.4) is 0 Å². The summed E-state index contributed by atoms with van der Waals surface area (Å²) in [7, 11) is 0. The van der Waals surface area contributed by atoms with E-state index in [0.717, 1.165) is 42.3 Å². The number of fused-ring (bicyclic) bond motifs is 6. The lowest BCUT2D eigenvalue weighted by molar-refractivity contribution is 0.597. The molecule has 1 unspecified atom stereocenters. The number of rotatable bonds is 6. The third-order valence-corrected chi connectivity index (χ3v) is 13.3. The Morgan fingerprint density at radius 3 is 2.03 bits per heavy atom. The molecule has 0 N–H and O–H groups in total. The minimum Gasteiger partial charge on any atom is -0.319 e. The molecule has 11 rings (SSSR count). The first-order chi connectivity index (χ1) is 28.8. The second-order valence-corrected chi connectivity index (χ2v) is 17.3. The van der Waals surface area contributed by atoms with Gasteiger partial charge in [-0.25, -0.2) is 9.97 Å². The van der Waals surface area contributed by atoms with E-state index in [-0.39, 0.29) is 16.9 Å². The Hall–Kier alpha value is -6.72. The van der Waals surface area contributed by atoms with Crippen molar-refractivity contribution < 1.29 is 0 Å². The maximum absolute atomic E-state index is 5.02. The third-order valence-electron chi connectivity index (χ3n) is 13.3. The lowest BCUT2D eigenvalue weighted by Crippen LogP contribution is -2.38. The van der Waals surface area contributed by atoms with Crippen molar-refractivity contribution >= 4 is 57.9 Å². The molecule has 5 nitrogen and oxygen atoms in total. The van der Waals surface area contributed by atoms with Gasteiger partial charge in [-0.3, -0.25) is 4.90 Å². The highest BCUT2D eigenvalue weighted by molar-refractivity contribution is 5.95. The minimum atomic E-state index is -0.376. The van der Waals surface area contributed by atoms with Crippen molar-refractivity contribution in [2.75, 3.05) is 14.7 Å². The number of para-hydroxylation sites is 1. The van der Waals surface area contributed by atoms with Gasteiger partial charge in [0.1, 0.15) is 11.6 Å². The van der Waals surface area contributed by atoms with E-state index in [9.17, 15) is 0 Å². The molecule has 2 aliphatic heterocycles. The van der Waals surface area contributed by atoms with E-state index < -0.39 is 0 Å². The Balaban J connectivity index is 1.16. The van der Waals surface area contributed by atoms with Crippen molar-refractivity contribution in [2.45, 2.75) is 63.8 Å². The summed E-state index contributed by atoms with van der Waals surface area (Å²) in [5, 5.41) is 0. The maximum atomic E-state index is 5.02. The predicted octanol–water partition coefficient (Wildman–Crippen LogP) is 14.0. The standard InChI is InChI=1S/C54H47N5/c1-53(2)42-23-9-10-24-48(42)59-49-30-29-38(57(50-27-11-13-31-55-50)46-25-15-19-36-17-5-7-21-40(36)46)33-43(49)54(3,4)45-35-39(34-44(53)52(45)59)58(51-28-12-14-32-56-51)47-26-16-20-37-18-6-8-22-41(37)47/h5-7,9-21,23-24,26-35,46H,8,22,25H2,1-4H3. The smallest absolute Gasteiger partial charge is 0.137 e. The minimum absolute atomic E-state index is 0.0939. The van der Waals surface area contributed by atoms with E-state index in [2.05, 4.69) is 188 Å². The Kier molecular flexibility index (Phi) is 8.06. The van der Waals surface area contributed by atoms with Crippen LogP contribution in [0.5, 0.6) is 0 Å². The predicted molar refractivity (Wildman–Crippen MR) is 244 cm³/mol. The number of nitrogens with zero attached hydrogens (tertiary/aromatic N) is 5. The van der Waals surface area contributed by atoms with E-state index in [0.29, 0.717) is 0 Å². The number of pyridine rings is 2. The van der Waals surface area contributed by atoms with Crippen molar-refractivity contribution in [3.63, 3.8) is 0 Å². The van der Waals surface area contributed by atoms with Gasteiger partial charge < -0.3 is 9.80 Å². The molecule has 4 aliphatic rings. The lowest BCUT2D eigenvalue weighted by Gasteiger charge is -2.50. The summed E-state index contributed by atoms with van der Waals surface area (Å²) in [4.78, 5) is 17.4. The molecule has 0 fully saturated rings. The SMILES string of the molecule is CC1(C)c2ccccc2N2c3ccc(N(c4ccccn4)C4CC=Cc5ccccc54)cc3C(C)(C)c3cc(N(c4ccccn4)c4cccc5c4CCC=C5)cc1c32. The number of hydrogen-bond donors (Lipinski definition) is 0. The fraction of sp³-hybridized carbons (Fsp3) is 0.185. The van der Waals surface area contributed by atoms with E-state index >= 15 is 0 Å². The quantitative estimate of drug-likeness (QED) is 0.168. The number of aromatic nitrogens is 2. The van der Waals surface area contributed by atoms with Crippen molar-refractivity contribution in [1.29, 1.82) is 0 Å². The first-order valence-electron chi connectivity index (χ1n) is 21.0. The molecule has 0 spiro atoms. The van der Waals surface area contributed by atoms with Crippen molar-refractivity contribution in [3.8, 4) is 0 Å². The van der Waals surface area contributed by atoms with Crippen molar-refractivity contribution in [2.24, 2.45) is 0 Å². The second-order valence-electron chi connectivity index (χ2n) is 17.3. The van der Waals surface area contributed by atoms with E-state index in [4.69, 9.17) is 9.97 Å². The van der Waals surface area contributed by atoms with Gasteiger partial charge in [-0.15, -0.1) is 0 Å². The van der Waals surface area contributed by atoms with Crippen LogP contribution in [0.15, 0.2) is 158 Å². The van der Waals surface area contributed by atoms with Crippen LogP contribution in [0.1, 0.15) is 91.1 Å².